The molecule has 1 aromatic heterocycles. The van der Waals surface area contributed by atoms with Crippen molar-refractivity contribution in [3.63, 3.8) is 0 Å². The molecule has 1 atom stereocenters. The predicted molar refractivity (Wildman–Crippen MR) is 85.0 cm³/mol. The summed E-state index contributed by atoms with van der Waals surface area (Å²) in [5.74, 6) is 0. The predicted octanol–water partition coefficient (Wildman–Crippen LogP) is 3.35. The average Bonchev–Trinajstić information content (AvgIpc) is 2.83. The van der Waals surface area contributed by atoms with Gasteiger partial charge in [0.05, 0.1) is 12.7 Å². The van der Waals surface area contributed by atoms with Crippen LogP contribution in [0.4, 0.5) is 0 Å². The molecule has 1 heterocycles. The lowest BCUT2D eigenvalue weighted by Crippen LogP contribution is -2.21. The molecule has 0 radical (unpaired) electrons. The molecule has 1 aromatic carbocycles. The summed E-state index contributed by atoms with van der Waals surface area (Å²) in [5, 5.41) is 1.32. The van der Waals surface area contributed by atoms with Crippen molar-refractivity contribution < 1.29 is 4.74 Å². The Morgan fingerprint density at radius 3 is 2.75 bits per heavy atom. The van der Waals surface area contributed by atoms with Crippen LogP contribution in [0.15, 0.2) is 30.5 Å². The summed E-state index contributed by atoms with van der Waals surface area (Å²) in [5.41, 5.74) is 8.71. The van der Waals surface area contributed by atoms with Crippen LogP contribution in [0.2, 0.25) is 0 Å². The molecule has 1 unspecified atom stereocenters. The highest BCUT2D eigenvalue weighted by Crippen LogP contribution is 2.21. The van der Waals surface area contributed by atoms with E-state index in [1.165, 1.54) is 16.5 Å². The van der Waals surface area contributed by atoms with Crippen molar-refractivity contribution in [2.75, 3.05) is 6.61 Å². The molecular formula is C17H26N2O. The SMILES string of the molecule is CCC(N)Cc1cccc2c1ccn2CCOC(C)C. The maximum absolute atomic E-state index is 6.09. The summed E-state index contributed by atoms with van der Waals surface area (Å²) >= 11 is 0. The molecule has 0 saturated carbocycles. The molecule has 0 aliphatic heterocycles. The van der Waals surface area contributed by atoms with Crippen molar-refractivity contribution in [1.82, 2.24) is 4.57 Å². The Balaban J connectivity index is 2.16. The van der Waals surface area contributed by atoms with Gasteiger partial charge in [-0.15, -0.1) is 0 Å². The molecule has 0 amide bonds. The third-order valence-corrected chi connectivity index (χ3v) is 3.69. The van der Waals surface area contributed by atoms with Gasteiger partial charge < -0.3 is 15.0 Å². The zero-order valence-electron chi connectivity index (χ0n) is 12.8. The summed E-state index contributed by atoms with van der Waals surface area (Å²) in [6.45, 7) is 7.92. The van der Waals surface area contributed by atoms with Crippen LogP contribution in [0.25, 0.3) is 10.9 Å². The van der Waals surface area contributed by atoms with Gasteiger partial charge in [0.15, 0.2) is 0 Å². The Hall–Kier alpha value is -1.32. The second-order valence-electron chi connectivity index (χ2n) is 5.65. The summed E-state index contributed by atoms with van der Waals surface area (Å²) in [4.78, 5) is 0. The fraction of sp³-hybridized carbons (Fsp3) is 0.529. The van der Waals surface area contributed by atoms with Crippen molar-refractivity contribution >= 4 is 10.9 Å². The zero-order valence-corrected chi connectivity index (χ0v) is 12.8. The van der Waals surface area contributed by atoms with Gasteiger partial charge in [0.25, 0.3) is 0 Å². The molecule has 0 saturated heterocycles. The molecule has 0 bridgehead atoms. The highest BCUT2D eigenvalue weighted by molar-refractivity contribution is 5.83. The second-order valence-corrected chi connectivity index (χ2v) is 5.65. The molecule has 0 aliphatic rings. The van der Waals surface area contributed by atoms with Crippen LogP contribution >= 0.6 is 0 Å². The molecule has 0 fully saturated rings. The quantitative estimate of drug-likeness (QED) is 0.841. The topological polar surface area (TPSA) is 40.2 Å². The monoisotopic (exact) mass is 274 g/mol. The fourth-order valence-corrected chi connectivity index (χ4v) is 2.47. The summed E-state index contributed by atoms with van der Waals surface area (Å²) in [7, 11) is 0. The Morgan fingerprint density at radius 1 is 1.25 bits per heavy atom. The largest absolute Gasteiger partial charge is 0.377 e. The first kappa shape index (κ1) is 15.1. The lowest BCUT2D eigenvalue weighted by molar-refractivity contribution is 0.0733. The fourth-order valence-electron chi connectivity index (χ4n) is 2.47. The van der Waals surface area contributed by atoms with Gasteiger partial charge >= 0.3 is 0 Å². The number of ether oxygens (including phenoxy) is 1. The normalized spacial score (nSPS) is 13.2. The van der Waals surface area contributed by atoms with Crippen molar-refractivity contribution in [3.8, 4) is 0 Å². The molecule has 2 aromatic rings. The Morgan fingerprint density at radius 2 is 2.05 bits per heavy atom. The smallest absolute Gasteiger partial charge is 0.0649 e. The first-order chi connectivity index (χ1) is 9.61. The van der Waals surface area contributed by atoms with Crippen LogP contribution in [-0.2, 0) is 17.7 Å². The van der Waals surface area contributed by atoms with Gasteiger partial charge in [0.2, 0.25) is 0 Å². The van der Waals surface area contributed by atoms with Crippen molar-refractivity contribution in [3.05, 3.63) is 36.0 Å². The maximum Gasteiger partial charge on any atom is 0.0649 e. The Kier molecular flexibility index (Phi) is 5.21. The van der Waals surface area contributed by atoms with E-state index >= 15 is 0 Å². The maximum atomic E-state index is 6.09. The molecule has 3 nitrogen and oxygen atoms in total. The van der Waals surface area contributed by atoms with Gasteiger partial charge in [-0.25, -0.2) is 0 Å². The Labute approximate surface area is 121 Å². The number of fused-ring (bicyclic) bond motifs is 1. The minimum atomic E-state index is 0.244. The lowest BCUT2D eigenvalue weighted by Gasteiger charge is -2.11. The van der Waals surface area contributed by atoms with E-state index < -0.39 is 0 Å². The van der Waals surface area contributed by atoms with E-state index in [-0.39, 0.29) is 12.1 Å². The molecule has 0 aliphatic carbocycles. The molecule has 0 spiro atoms. The second kappa shape index (κ2) is 6.91. The number of rotatable bonds is 7. The molecule has 3 heteroatoms. The van der Waals surface area contributed by atoms with Gasteiger partial charge in [-0.2, -0.15) is 0 Å². The zero-order chi connectivity index (χ0) is 14.5. The third-order valence-electron chi connectivity index (χ3n) is 3.69. The molecule has 110 valence electrons. The number of aromatic nitrogens is 1. The highest BCUT2D eigenvalue weighted by atomic mass is 16.5. The number of nitrogens with zero attached hydrogens (tertiary/aromatic N) is 1. The van der Waals surface area contributed by atoms with E-state index in [1.807, 2.05) is 0 Å². The third kappa shape index (κ3) is 3.62. The summed E-state index contributed by atoms with van der Waals surface area (Å²) in [6, 6.07) is 8.93. The molecular weight excluding hydrogens is 248 g/mol. The van der Waals surface area contributed by atoms with Crippen LogP contribution in [0.5, 0.6) is 0 Å². The van der Waals surface area contributed by atoms with Crippen molar-refractivity contribution in [2.45, 2.75) is 52.3 Å². The standard InChI is InChI=1S/C17H26N2O/c1-4-15(18)12-14-6-5-7-17-16(14)8-9-19(17)10-11-20-13(2)3/h5-9,13,15H,4,10-12,18H2,1-3H3. The van der Waals surface area contributed by atoms with E-state index in [9.17, 15) is 0 Å². The minimum Gasteiger partial charge on any atom is -0.377 e. The van der Waals surface area contributed by atoms with E-state index in [0.29, 0.717) is 0 Å². The lowest BCUT2D eigenvalue weighted by atomic mass is 10.0. The van der Waals surface area contributed by atoms with Gasteiger partial charge in [-0.3, -0.25) is 0 Å². The summed E-state index contributed by atoms with van der Waals surface area (Å²) < 4.78 is 7.90. The van der Waals surface area contributed by atoms with Crippen LogP contribution in [0.3, 0.4) is 0 Å². The Bertz CT molecular complexity index is 545. The average molecular weight is 274 g/mol. The van der Waals surface area contributed by atoms with E-state index in [4.69, 9.17) is 10.5 Å². The van der Waals surface area contributed by atoms with E-state index in [0.717, 1.165) is 26.0 Å². The number of benzene rings is 1. The molecule has 20 heavy (non-hydrogen) atoms. The van der Waals surface area contributed by atoms with Crippen LogP contribution < -0.4 is 5.73 Å². The minimum absolute atomic E-state index is 0.244. The molecule has 2 rings (SSSR count). The van der Waals surface area contributed by atoms with Gasteiger partial charge in [0, 0.05) is 29.7 Å². The van der Waals surface area contributed by atoms with Gasteiger partial charge in [-0.1, -0.05) is 19.1 Å². The van der Waals surface area contributed by atoms with Crippen LogP contribution in [0.1, 0.15) is 32.8 Å². The number of hydrogen-bond acceptors (Lipinski definition) is 2. The molecule has 2 N–H and O–H groups in total. The van der Waals surface area contributed by atoms with Gasteiger partial charge in [0.1, 0.15) is 0 Å². The van der Waals surface area contributed by atoms with Crippen molar-refractivity contribution in [1.29, 1.82) is 0 Å². The van der Waals surface area contributed by atoms with Crippen LogP contribution in [0, 0.1) is 0 Å². The van der Waals surface area contributed by atoms with Crippen molar-refractivity contribution in [2.24, 2.45) is 5.73 Å². The van der Waals surface area contributed by atoms with E-state index in [2.05, 4.69) is 55.8 Å². The first-order valence-electron chi connectivity index (χ1n) is 7.55. The van der Waals surface area contributed by atoms with Crippen LogP contribution in [-0.4, -0.2) is 23.3 Å². The highest BCUT2D eigenvalue weighted by Gasteiger charge is 2.08. The van der Waals surface area contributed by atoms with Gasteiger partial charge in [-0.05, 0) is 44.4 Å². The number of nitrogens with two attached hydrogens (primary N) is 1. The first-order valence-corrected chi connectivity index (χ1v) is 7.55. The van der Waals surface area contributed by atoms with E-state index in [1.54, 1.807) is 0 Å². The summed E-state index contributed by atoms with van der Waals surface area (Å²) in [6.07, 6.45) is 4.39. The number of hydrogen-bond donors (Lipinski definition) is 1.